The lowest BCUT2D eigenvalue weighted by Crippen LogP contribution is -2.10. The first-order valence-electron chi connectivity index (χ1n) is 18.8. The first kappa shape index (κ1) is 31.2. The van der Waals surface area contributed by atoms with Crippen LogP contribution in [0.2, 0.25) is 0 Å². The van der Waals surface area contributed by atoms with Gasteiger partial charge in [0.1, 0.15) is 5.52 Å². The van der Waals surface area contributed by atoms with Crippen molar-refractivity contribution in [1.29, 1.82) is 0 Å². The van der Waals surface area contributed by atoms with Gasteiger partial charge in [0, 0.05) is 27.8 Å². The number of para-hydroxylation sites is 3. The van der Waals surface area contributed by atoms with Crippen molar-refractivity contribution in [2.45, 2.75) is 0 Å². The molecule has 3 nitrogen and oxygen atoms in total. The van der Waals surface area contributed by atoms with Crippen molar-refractivity contribution in [3.05, 3.63) is 206 Å². The van der Waals surface area contributed by atoms with Gasteiger partial charge in [-0.1, -0.05) is 146 Å². The quantitative estimate of drug-likeness (QED) is 0.172. The van der Waals surface area contributed by atoms with Crippen LogP contribution in [0.25, 0.3) is 82.5 Å². The molecule has 0 unspecified atom stereocenters. The number of hydrogen-bond donors (Lipinski definition) is 0. The molecule has 0 saturated heterocycles. The standard InChI is InChI=1S/C52H34N2O/c1-2-17-39(18-3-1)54-48-25-9-8-21-46(48)52-50(54)47-24-12-26-49(51(47)55-52)53(40-31-27-37(28-32-40)44-22-10-15-35-13-4-6-19-42(35)44)41-33-29-38(30-34-41)45-23-11-16-36-14-5-7-20-43(36)45/h1-34H. The highest BCUT2D eigenvalue weighted by atomic mass is 16.3. The van der Waals surface area contributed by atoms with E-state index in [1.54, 1.807) is 0 Å². The summed E-state index contributed by atoms with van der Waals surface area (Å²) in [6.45, 7) is 0. The maximum atomic E-state index is 7.04. The van der Waals surface area contributed by atoms with Gasteiger partial charge < -0.3 is 13.9 Å². The molecule has 2 aromatic heterocycles. The van der Waals surface area contributed by atoms with Gasteiger partial charge in [-0.25, -0.2) is 0 Å². The summed E-state index contributed by atoms with van der Waals surface area (Å²) < 4.78 is 9.38. The summed E-state index contributed by atoms with van der Waals surface area (Å²) >= 11 is 0. The van der Waals surface area contributed by atoms with Crippen molar-refractivity contribution in [2.24, 2.45) is 0 Å². The zero-order chi connectivity index (χ0) is 36.3. The van der Waals surface area contributed by atoms with Crippen molar-refractivity contribution in [1.82, 2.24) is 4.57 Å². The van der Waals surface area contributed by atoms with Gasteiger partial charge >= 0.3 is 0 Å². The second-order valence-corrected chi connectivity index (χ2v) is 14.1. The van der Waals surface area contributed by atoms with E-state index < -0.39 is 0 Å². The molecule has 0 spiro atoms. The Morgan fingerprint density at radius 1 is 0.364 bits per heavy atom. The second-order valence-electron chi connectivity index (χ2n) is 14.1. The van der Waals surface area contributed by atoms with Crippen LogP contribution in [0.3, 0.4) is 0 Å². The largest absolute Gasteiger partial charge is 0.451 e. The Kier molecular flexibility index (Phi) is 7.17. The van der Waals surface area contributed by atoms with Crippen LogP contribution >= 0.6 is 0 Å². The molecule has 0 radical (unpaired) electrons. The molecule has 0 atom stereocenters. The van der Waals surface area contributed by atoms with Crippen LogP contribution < -0.4 is 4.90 Å². The molecule has 2 heterocycles. The molecule has 11 rings (SSSR count). The van der Waals surface area contributed by atoms with Gasteiger partial charge in [-0.05, 0) is 104 Å². The molecule has 0 bridgehead atoms. The third-order valence-electron chi connectivity index (χ3n) is 11.0. The lowest BCUT2D eigenvalue weighted by Gasteiger charge is -2.26. The summed E-state index contributed by atoms with van der Waals surface area (Å²) in [6.07, 6.45) is 0. The number of hydrogen-bond acceptors (Lipinski definition) is 2. The summed E-state index contributed by atoms with van der Waals surface area (Å²) in [5, 5.41) is 7.13. The maximum Gasteiger partial charge on any atom is 0.161 e. The predicted octanol–water partition coefficient (Wildman–Crippen LogP) is 14.6. The Hall–Kier alpha value is -7.36. The van der Waals surface area contributed by atoms with Crippen LogP contribution in [0.15, 0.2) is 211 Å². The van der Waals surface area contributed by atoms with Gasteiger partial charge in [0.15, 0.2) is 11.2 Å². The average Bonchev–Trinajstić information content (AvgIpc) is 3.80. The van der Waals surface area contributed by atoms with E-state index in [9.17, 15) is 0 Å². The van der Waals surface area contributed by atoms with E-state index in [4.69, 9.17) is 4.42 Å². The van der Waals surface area contributed by atoms with Gasteiger partial charge in [0.2, 0.25) is 0 Å². The zero-order valence-electron chi connectivity index (χ0n) is 29.9. The Balaban J connectivity index is 1.11. The molecule has 3 heteroatoms. The molecule has 0 saturated carbocycles. The van der Waals surface area contributed by atoms with Gasteiger partial charge in [0.25, 0.3) is 0 Å². The van der Waals surface area contributed by atoms with Gasteiger partial charge in [-0.3, -0.25) is 0 Å². The summed E-state index contributed by atoms with van der Waals surface area (Å²) in [6, 6.07) is 73.8. The minimum Gasteiger partial charge on any atom is -0.451 e. The van der Waals surface area contributed by atoms with Crippen LogP contribution in [0.1, 0.15) is 0 Å². The molecular weight excluding hydrogens is 669 g/mol. The molecular formula is C52H34N2O. The molecule has 11 aromatic rings. The lowest BCUT2D eigenvalue weighted by molar-refractivity contribution is 0.673. The number of benzene rings is 9. The number of rotatable bonds is 6. The highest BCUT2D eigenvalue weighted by Gasteiger charge is 2.24. The monoisotopic (exact) mass is 702 g/mol. The molecule has 0 aliphatic heterocycles. The fraction of sp³-hybridized carbons (Fsp3) is 0. The van der Waals surface area contributed by atoms with E-state index in [1.165, 1.54) is 43.8 Å². The summed E-state index contributed by atoms with van der Waals surface area (Å²) in [7, 11) is 0. The summed E-state index contributed by atoms with van der Waals surface area (Å²) in [4.78, 5) is 2.33. The van der Waals surface area contributed by atoms with E-state index in [1.807, 2.05) is 0 Å². The lowest BCUT2D eigenvalue weighted by atomic mass is 9.97. The second kappa shape index (κ2) is 12.6. The van der Waals surface area contributed by atoms with Crippen LogP contribution in [-0.4, -0.2) is 4.57 Å². The minimum absolute atomic E-state index is 0.846. The number of fused-ring (bicyclic) bond motifs is 7. The van der Waals surface area contributed by atoms with Gasteiger partial charge in [0.05, 0.1) is 11.2 Å². The zero-order valence-corrected chi connectivity index (χ0v) is 29.9. The molecule has 55 heavy (non-hydrogen) atoms. The third-order valence-corrected chi connectivity index (χ3v) is 11.0. The van der Waals surface area contributed by atoms with E-state index in [0.717, 1.165) is 55.7 Å². The van der Waals surface area contributed by atoms with Crippen molar-refractivity contribution in [3.8, 4) is 27.9 Å². The topological polar surface area (TPSA) is 21.3 Å². The number of aromatic nitrogens is 1. The van der Waals surface area contributed by atoms with Crippen molar-refractivity contribution >= 4 is 71.6 Å². The number of anilines is 3. The Labute approximate surface area is 318 Å². The fourth-order valence-electron chi connectivity index (χ4n) is 8.46. The first-order valence-corrected chi connectivity index (χ1v) is 18.8. The molecule has 0 fully saturated rings. The Morgan fingerprint density at radius 3 is 1.47 bits per heavy atom. The van der Waals surface area contributed by atoms with Gasteiger partial charge in [-0.15, -0.1) is 0 Å². The fourth-order valence-corrected chi connectivity index (χ4v) is 8.46. The number of nitrogens with zero attached hydrogens (tertiary/aromatic N) is 2. The van der Waals surface area contributed by atoms with Crippen molar-refractivity contribution in [2.75, 3.05) is 4.90 Å². The minimum atomic E-state index is 0.846. The Bertz CT molecular complexity index is 3060. The highest BCUT2D eigenvalue weighted by molar-refractivity contribution is 6.18. The summed E-state index contributed by atoms with van der Waals surface area (Å²) in [5.41, 5.74) is 12.9. The van der Waals surface area contributed by atoms with Crippen LogP contribution in [0.4, 0.5) is 17.1 Å². The maximum absolute atomic E-state index is 7.04. The number of furan rings is 1. The third kappa shape index (κ3) is 5.05. The molecule has 0 aliphatic rings. The first-order chi connectivity index (χ1) is 27.3. The predicted molar refractivity (Wildman–Crippen MR) is 231 cm³/mol. The van der Waals surface area contributed by atoms with E-state index in [0.29, 0.717) is 0 Å². The smallest absolute Gasteiger partial charge is 0.161 e. The molecule has 0 aliphatic carbocycles. The average molecular weight is 703 g/mol. The van der Waals surface area contributed by atoms with Gasteiger partial charge in [-0.2, -0.15) is 0 Å². The van der Waals surface area contributed by atoms with E-state index >= 15 is 0 Å². The van der Waals surface area contributed by atoms with E-state index in [2.05, 4.69) is 216 Å². The molecule has 9 aromatic carbocycles. The molecule has 0 N–H and O–H groups in total. The van der Waals surface area contributed by atoms with Crippen LogP contribution in [-0.2, 0) is 0 Å². The Morgan fingerprint density at radius 2 is 0.855 bits per heavy atom. The van der Waals surface area contributed by atoms with E-state index in [-0.39, 0.29) is 0 Å². The SMILES string of the molecule is c1ccc(-n2c3ccccc3c3oc4c(N(c5ccc(-c6cccc7ccccc67)cc5)c5ccc(-c6cccc7ccccc67)cc5)cccc4c32)cc1. The van der Waals surface area contributed by atoms with Crippen LogP contribution in [0, 0.1) is 0 Å². The molecule has 0 amide bonds. The van der Waals surface area contributed by atoms with Crippen molar-refractivity contribution < 1.29 is 4.42 Å². The summed E-state index contributed by atoms with van der Waals surface area (Å²) in [5.74, 6) is 0. The highest BCUT2D eigenvalue weighted by Crippen LogP contribution is 2.46. The normalized spacial score (nSPS) is 11.6. The van der Waals surface area contributed by atoms with Crippen LogP contribution in [0.5, 0.6) is 0 Å². The van der Waals surface area contributed by atoms with Crippen molar-refractivity contribution in [3.63, 3.8) is 0 Å². The molecule has 258 valence electrons.